The van der Waals surface area contributed by atoms with Crippen molar-refractivity contribution in [3.05, 3.63) is 78.1 Å². The lowest BCUT2D eigenvalue weighted by Gasteiger charge is -2.15. The highest BCUT2D eigenvalue weighted by Crippen LogP contribution is 2.28. The van der Waals surface area contributed by atoms with E-state index in [-0.39, 0.29) is 17.8 Å². The van der Waals surface area contributed by atoms with Gasteiger partial charge in [-0.05, 0) is 51.1 Å². The van der Waals surface area contributed by atoms with E-state index in [1.807, 2.05) is 38.1 Å². The summed E-state index contributed by atoms with van der Waals surface area (Å²) in [6.07, 6.45) is 3.17. The SMILES string of the molecule is CC(=O)c1cccc(NC(=O)c2cncc(Nc3ccccc3OC(C)C)c2)c1. The third-order valence-corrected chi connectivity index (χ3v) is 4.06. The fraction of sp³-hybridized carbons (Fsp3) is 0.174. The molecule has 0 aliphatic rings. The number of hydrogen-bond donors (Lipinski definition) is 2. The predicted octanol–water partition coefficient (Wildman–Crippen LogP) is 5.07. The van der Waals surface area contributed by atoms with E-state index in [1.54, 1.807) is 36.5 Å². The Kier molecular flexibility index (Phi) is 6.24. The van der Waals surface area contributed by atoms with Crippen molar-refractivity contribution in [1.82, 2.24) is 4.98 Å². The number of aromatic nitrogens is 1. The fourth-order valence-corrected chi connectivity index (χ4v) is 2.73. The summed E-state index contributed by atoms with van der Waals surface area (Å²) < 4.78 is 5.82. The average Bonchev–Trinajstić information content (AvgIpc) is 2.69. The van der Waals surface area contributed by atoms with E-state index in [0.29, 0.717) is 22.5 Å². The Hall–Kier alpha value is -3.67. The van der Waals surface area contributed by atoms with Gasteiger partial charge in [0.05, 0.1) is 29.2 Å². The van der Waals surface area contributed by atoms with Gasteiger partial charge in [0.1, 0.15) is 5.75 Å². The second-order valence-electron chi connectivity index (χ2n) is 6.84. The molecule has 0 unspecified atom stereocenters. The van der Waals surface area contributed by atoms with Crippen LogP contribution in [0.4, 0.5) is 17.1 Å². The average molecular weight is 389 g/mol. The maximum Gasteiger partial charge on any atom is 0.257 e. The molecule has 0 radical (unpaired) electrons. The number of ether oxygens (including phenoxy) is 1. The number of amides is 1. The molecule has 148 valence electrons. The number of ketones is 1. The largest absolute Gasteiger partial charge is 0.489 e. The lowest BCUT2D eigenvalue weighted by atomic mass is 10.1. The molecule has 3 rings (SSSR count). The van der Waals surface area contributed by atoms with E-state index < -0.39 is 0 Å². The molecular formula is C23H23N3O3. The summed E-state index contributed by atoms with van der Waals surface area (Å²) in [5.74, 6) is 0.350. The Bertz CT molecular complexity index is 1030. The Morgan fingerprint density at radius 2 is 1.69 bits per heavy atom. The van der Waals surface area contributed by atoms with Gasteiger partial charge in [-0.15, -0.1) is 0 Å². The van der Waals surface area contributed by atoms with Crippen LogP contribution in [0.1, 0.15) is 41.5 Å². The van der Waals surface area contributed by atoms with Crippen LogP contribution in [0.5, 0.6) is 5.75 Å². The number of carbonyl (C=O) groups excluding carboxylic acids is 2. The van der Waals surface area contributed by atoms with Gasteiger partial charge >= 0.3 is 0 Å². The quantitative estimate of drug-likeness (QED) is 0.552. The van der Waals surface area contributed by atoms with Gasteiger partial charge in [-0.2, -0.15) is 0 Å². The van der Waals surface area contributed by atoms with Crippen LogP contribution in [0.25, 0.3) is 0 Å². The normalized spacial score (nSPS) is 10.5. The summed E-state index contributed by atoms with van der Waals surface area (Å²) in [5.41, 5.74) is 2.94. The van der Waals surface area contributed by atoms with E-state index in [0.717, 1.165) is 11.4 Å². The Labute approximate surface area is 169 Å². The number of rotatable bonds is 7. The van der Waals surface area contributed by atoms with Crippen molar-refractivity contribution in [3.63, 3.8) is 0 Å². The van der Waals surface area contributed by atoms with Crippen molar-refractivity contribution in [2.45, 2.75) is 26.9 Å². The molecule has 0 saturated heterocycles. The number of Topliss-reactive ketones (excluding diaryl/α,β-unsaturated/α-hetero) is 1. The smallest absolute Gasteiger partial charge is 0.257 e. The summed E-state index contributed by atoms with van der Waals surface area (Å²) in [4.78, 5) is 28.3. The molecular weight excluding hydrogens is 366 g/mol. The lowest BCUT2D eigenvalue weighted by molar-refractivity contribution is 0.101. The maximum atomic E-state index is 12.6. The van der Waals surface area contributed by atoms with Gasteiger partial charge in [0, 0.05) is 17.4 Å². The van der Waals surface area contributed by atoms with Crippen LogP contribution in [0.15, 0.2) is 67.0 Å². The van der Waals surface area contributed by atoms with Gasteiger partial charge in [0.2, 0.25) is 0 Å². The first-order valence-electron chi connectivity index (χ1n) is 9.32. The second-order valence-corrected chi connectivity index (χ2v) is 6.84. The lowest BCUT2D eigenvalue weighted by Crippen LogP contribution is -2.13. The van der Waals surface area contributed by atoms with Crippen LogP contribution in [-0.4, -0.2) is 22.8 Å². The Balaban J connectivity index is 1.77. The van der Waals surface area contributed by atoms with Crippen LogP contribution >= 0.6 is 0 Å². The molecule has 0 aliphatic heterocycles. The molecule has 6 heteroatoms. The number of nitrogens with zero attached hydrogens (tertiary/aromatic N) is 1. The molecule has 29 heavy (non-hydrogen) atoms. The van der Waals surface area contributed by atoms with Crippen LogP contribution in [-0.2, 0) is 0 Å². The number of anilines is 3. The molecule has 1 aromatic heterocycles. The molecule has 1 heterocycles. The molecule has 0 atom stereocenters. The summed E-state index contributed by atoms with van der Waals surface area (Å²) in [6.45, 7) is 5.41. The molecule has 0 bridgehead atoms. The van der Waals surface area contributed by atoms with Crippen molar-refractivity contribution in [2.75, 3.05) is 10.6 Å². The molecule has 0 fully saturated rings. The van der Waals surface area contributed by atoms with Crippen molar-refractivity contribution in [2.24, 2.45) is 0 Å². The van der Waals surface area contributed by atoms with Crippen LogP contribution in [0.2, 0.25) is 0 Å². The Morgan fingerprint density at radius 1 is 0.931 bits per heavy atom. The van der Waals surface area contributed by atoms with Crippen molar-refractivity contribution in [3.8, 4) is 5.75 Å². The molecule has 3 aromatic rings. The van der Waals surface area contributed by atoms with Gasteiger partial charge in [0.15, 0.2) is 5.78 Å². The van der Waals surface area contributed by atoms with Crippen LogP contribution in [0.3, 0.4) is 0 Å². The molecule has 0 spiro atoms. The standard InChI is InChI=1S/C23H23N3O3/c1-15(2)29-22-10-5-4-9-21(22)25-20-12-18(13-24-14-20)23(28)26-19-8-6-7-17(11-19)16(3)27/h4-15,25H,1-3H3,(H,26,28). The number of nitrogens with one attached hydrogen (secondary N) is 2. The number of pyridine rings is 1. The minimum atomic E-state index is -0.312. The van der Waals surface area contributed by atoms with Gasteiger partial charge in [-0.3, -0.25) is 14.6 Å². The minimum Gasteiger partial charge on any atom is -0.489 e. The predicted molar refractivity (Wildman–Crippen MR) is 114 cm³/mol. The zero-order valence-corrected chi connectivity index (χ0v) is 16.6. The molecule has 6 nitrogen and oxygen atoms in total. The molecule has 2 N–H and O–H groups in total. The topological polar surface area (TPSA) is 80.3 Å². The van der Waals surface area contributed by atoms with Gasteiger partial charge in [0.25, 0.3) is 5.91 Å². The number of para-hydroxylation sites is 2. The van der Waals surface area contributed by atoms with Gasteiger partial charge in [-0.1, -0.05) is 24.3 Å². The van der Waals surface area contributed by atoms with E-state index >= 15 is 0 Å². The van der Waals surface area contributed by atoms with Crippen molar-refractivity contribution < 1.29 is 14.3 Å². The van der Waals surface area contributed by atoms with E-state index in [9.17, 15) is 9.59 Å². The molecule has 0 saturated carbocycles. The zero-order valence-electron chi connectivity index (χ0n) is 16.6. The minimum absolute atomic E-state index is 0.0407. The molecule has 0 aliphatic carbocycles. The summed E-state index contributed by atoms with van der Waals surface area (Å²) in [5, 5.41) is 6.05. The first-order valence-corrected chi connectivity index (χ1v) is 9.32. The van der Waals surface area contributed by atoms with Crippen molar-refractivity contribution in [1.29, 1.82) is 0 Å². The monoisotopic (exact) mass is 389 g/mol. The third kappa shape index (κ3) is 5.42. The third-order valence-electron chi connectivity index (χ3n) is 4.06. The zero-order chi connectivity index (χ0) is 20.8. The summed E-state index contributed by atoms with van der Waals surface area (Å²) in [6, 6.07) is 16.1. The highest BCUT2D eigenvalue weighted by Gasteiger charge is 2.11. The first-order chi connectivity index (χ1) is 13.9. The van der Waals surface area contributed by atoms with Gasteiger partial charge in [-0.25, -0.2) is 0 Å². The molecule has 2 aromatic carbocycles. The summed E-state index contributed by atoms with van der Waals surface area (Å²) in [7, 11) is 0. The Morgan fingerprint density at radius 3 is 2.45 bits per heavy atom. The fourth-order valence-electron chi connectivity index (χ4n) is 2.73. The van der Waals surface area contributed by atoms with Gasteiger partial charge < -0.3 is 15.4 Å². The van der Waals surface area contributed by atoms with E-state index in [1.165, 1.54) is 13.1 Å². The number of hydrogen-bond acceptors (Lipinski definition) is 5. The molecule has 1 amide bonds. The van der Waals surface area contributed by atoms with E-state index in [4.69, 9.17) is 4.74 Å². The summed E-state index contributed by atoms with van der Waals surface area (Å²) >= 11 is 0. The number of benzene rings is 2. The highest BCUT2D eigenvalue weighted by molar-refractivity contribution is 6.05. The van der Waals surface area contributed by atoms with Crippen LogP contribution in [0, 0.1) is 0 Å². The first kappa shape index (κ1) is 20.1. The van der Waals surface area contributed by atoms with Crippen molar-refractivity contribution >= 4 is 28.8 Å². The van der Waals surface area contributed by atoms with Crippen LogP contribution < -0.4 is 15.4 Å². The highest BCUT2D eigenvalue weighted by atomic mass is 16.5. The van der Waals surface area contributed by atoms with E-state index in [2.05, 4.69) is 15.6 Å². The maximum absolute atomic E-state index is 12.6. The second kappa shape index (κ2) is 9.01. The number of carbonyl (C=O) groups is 2.